The second-order valence-corrected chi connectivity index (χ2v) is 4.04. The van der Waals surface area contributed by atoms with Crippen LogP contribution in [0.4, 0.5) is 0 Å². The highest BCUT2D eigenvalue weighted by molar-refractivity contribution is 5.95. The van der Waals surface area contributed by atoms with Crippen LogP contribution in [0.1, 0.15) is 29.3 Å². The first-order chi connectivity index (χ1) is 9.22. The monoisotopic (exact) mass is 251 g/mol. The molecule has 2 aromatic rings. The summed E-state index contributed by atoms with van der Waals surface area (Å²) in [5.41, 5.74) is 1.28. The number of nitrogens with zero attached hydrogens (tertiary/aromatic N) is 1. The minimum Gasteiger partial charge on any atom is -0.457 e. The fourth-order valence-corrected chi connectivity index (χ4v) is 1.65. The van der Waals surface area contributed by atoms with E-state index in [0.717, 1.165) is 0 Å². The zero-order valence-corrected chi connectivity index (χ0v) is 10.6. The summed E-state index contributed by atoms with van der Waals surface area (Å²) >= 11 is 0. The Balaban J connectivity index is 2.10. The van der Waals surface area contributed by atoms with E-state index in [-0.39, 0.29) is 5.78 Å². The molecular formula is C16H13NO2. The van der Waals surface area contributed by atoms with Crippen molar-refractivity contribution >= 4 is 5.78 Å². The molecular weight excluding hydrogens is 238 g/mol. The van der Waals surface area contributed by atoms with Crippen molar-refractivity contribution in [3.63, 3.8) is 0 Å². The second-order valence-electron chi connectivity index (χ2n) is 4.04. The van der Waals surface area contributed by atoms with Crippen LogP contribution < -0.4 is 4.74 Å². The number of nitriles is 1. The van der Waals surface area contributed by atoms with E-state index in [1.165, 1.54) is 0 Å². The van der Waals surface area contributed by atoms with Gasteiger partial charge < -0.3 is 4.74 Å². The summed E-state index contributed by atoms with van der Waals surface area (Å²) in [6.07, 6.45) is 0.496. The maximum absolute atomic E-state index is 11.5. The summed E-state index contributed by atoms with van der Waals surface area (Å²) in [7, 11) is 0. The molecule has 0 fully saturated rings. The molecule has 0 atom stereocenters. The van der Waals surface area contributed by atoms with E-state index in [1.807, 2.05) is 6.92 Å². The van der Waals surface area contributed by atoms with Gasteiger partial charge in [-0.05, 0) is 48.5 Å². The van der Waals surface area contributed by atoms with E-state index in [9.17, 15) is 4.79 Å². The molecule has 0 unspecified atom stereocenters. The van der Waals surface area contributed by atoms with Gasteiger partial charge in [0.05, 0.1) is 11.6 Å². The molecule has 2 aromatic carbocycles. The van der Waals surface area contributed by atoms with Crippen LogP contribution in [-0.2, 0) is 0 Å². The first kappa shape index (κ1) is 12.8. The summed E-state index contributed by atoms with van der Waals surface area (Å²) in [5, 5.41) is 8.70. The van der Waals surface area contributed by atoms with Crippen molar-refractivity contribution in [2.75, 3.05) is 0 Å². The fraction of sp³-hybridized carbons (Fsp3) is 0.125. The molecule has 0 aliphatic rings. The van der Waals surface area contributed by atoms with Gasteiger partial charge in [0.2, 0.25) is 0 Å². The van der Waals surface area contributed by atoms with Gasteiger partial charge in [0.25, 0.3) is 0 Å². The van der Waals surface area contributed by atoms with Gasteiger partial charge in [-0.1, -0.05) is 6.92 Å². The van der Waals surface area contributed by atoms with Crippen molar-refractivity contribution < 1.29 is 9.53 Å². The standard InChI is InChI=1S/C16H13NO2/c1-2-16(18)13-5-9-15(10-6-13)19-14-7-3-12(11-17)4-8-14/h3-10H,2H2,1H3. The first-order valence-corrected chi connectivity index (χ1v) is 6.04. The largest absolute Gasteiger partial charge is 0.457 e. The van der Waals surface area contributed by atoms with Crippen LogP contribution in [-0.4, -0.2) is 5.78 Å². The Morgan fingerprint density at radius 3 is 2.05 bits per heavy atom. The lowest BCUT2D eigenvalue weighted by Crippen LogP contribution is -1.95. The van der Waals surface area contributed by atoms with E-state index in [4.69, 9.17) is 10.00 Å². The number of benzene rings is 2. The molecule has 0 bridgehead atoms. The zero-order chi connectivity index (χ0) is 13.7. The third-order valence-electron chi connectivity index (χ3n) is 2.72. The zero-order valence-electron chi connectivity index (χ0n) is 10.6. The lowest BCUT2D eigenvalue weighted by atomic mass is 10.1. The van der Waals surface area contributed by atoms with Crippen molar-refractivity contribution in [1.82, 2.24) is 0 Å². The average Bonchev–Trinajstić information content (AvgIpc) is 2.48. The van der Waals surface area contributed by atoms with Gasteiger partial charge in [0, 0.05) is 12.0 Å². The van der Waals surface area contributed by atoms with E-state index in [1.54, 1.807) is 48.5 Å². The van der Waals surface area contributed by atoms with Gasteiger partial charge in [-0.25, -0.2) is 0 Å². The molecule has 0 N–H and O–H groups in total. The second kappa shape index (κ2) is 5.83. The van der Waals surface area contributed by atoms with Crippen molar-refractivity contribution in [3.05, 3.63) is 59.7 Å². The smallest absolute Gasteiger partial charge is 0.162 e. The number of hydrogen-bond donors (Lipinski definition) is 0. The van der Waals surface area contributed by atoms with Crippen molar-refractivity contribution in [3.8, 4) is 17.6 Å². The summed E-state index contributed by atoms with van der Waals surface area (Å²) in [5.74, 6) is 1.44. The molecule has 0 heterocycles. The minimum atomic E-state index is 0.116. The van der Waals surface area contributed by atoms with Gasteiger partial charge in [-0.15, -0.1) is 0 Å². The van der Waals surface area contributed by atoms with Gasteiger partial charge in [0.15, 0.2) is 5.78 Å². The van der Waals surface area contributed by atoms with Crippen molar-refractivity contribution in [2.45, 2.75) is 13.3 Å². The molecule has 0 spiro atoms. The van der Waals surface area contributed by atoms with E-state index in [0.29, 0.717) is 29.0 Å². The maximum atomic E-state index is 11.5. The lowest BCUT2D eigenvalue weighted by molar-refractivity contribution is 0.0988. The van der Waals surface area contributed by atoms with Gasteiger partial charge in [0.1, 0.15) is 11.5 Å². The van der Waals surface area contributed by atoms with E-state index < -0.39 is 0 Å². The Hall–Kier alpha value is -2.60. The van der Waals surface area contributed by atoms with Crippen LogP contribution in [0.5, 0.6) is 11.5 Å². The predicted octanol–water partition coefficient (Wildman–Crippen LogP) is 3.94. The van der Waals surface area contributed by atoms with Crippen molar-refractivity contribution in [1.29, 1.82) is 5.26 Å². The number of carbonyl (C=O) groups is 1. The molecule has 94 valence electrons. The Morgan fingerprint density at radius 2 is 1.58 bits per heavy atom. The summed E-state index contributed by atoms with van der Waals surface area (Å²) < 4.78 is 5.63. The molecule has 0 aromatic heterocycles. The van der Waals surface area contributed by atoms with E-state index >= 15 is 0 Å². The van der Waals surface area contributed by atoms with Crippen molar-refractivity contribution in [2.24, 2.45) is 0 Å². The van der Waals surface area contributed by atoms with Crippen LogP contribution in [0.3, 0.4) is 0 Å². The highest BCUT2D eigenvalue weighted by Crippen LogP contribution is 2.22. The Morgan fingerprint density at radius 1 is 1.05 bits per heavy atom. The molecule has 3 heteroatoms. The Bertz CT molecular complexity index is 607. The maximum Gasteiger partial charge on any atom is 0.162 e. The fourth-order valence-electron chi connectivity index (χ4n) is 1.65. The van der Waals surface area contributed by atoms with Crippen LogP contribution in [0.15, 0.2) is 48.5 Å². The predicted molar refractivity (Wildman–Crippen MR) is 72.3 cm³/mol. The molecule has 2 rings (SSSR count). The minimum absolute atomic E-state index is 0.116. The Kier molecular flexibility index (Phi) is 3.94. The number of rotatable bonds is 4. The van der Waals surface area contributed by atoms with E-state index in [2.05, 4.69) is 6.07 Å². The number of ketones is 1. The third kappa shape index (κ3) is 3.20. The van der Waals surface area contributed by atoms with Gasteiger partial charge in [-0.2, -0.15) is 5.26 Å². The SMILES string of the molecule is CCC(=O)c1ccc(Oc2ccc(C#N)cc2)cc1. The summed E-state index contributed by atoms with van der Waals surface area (Å²) in [6, 6.07) is 16.0. The molecule has 0 saturated heterocycles. The summed E-state index contributed by atoms with van der Waals surface area (Å²) in [4.78, 5) is 11.5. The number of Topliss-reactive ketones (excluding diaryl/α,β-unsaturated/α-hetero) is 1. The highest BCUT2D eigenvalue weighted by atomic mass is 16.5. The van der Waals surface area contributed by atoms with Gasteiger partial charge >= 0.3 is 0 Å². The molecule has 0 aliphatic carbocycles. The quantitative estimate of drug-likeness (QED) is 0.773. The van der Waals surface area contributed by atoms with Crippen LogP contribution in [0.2, 0.25) is 0 Å². The molecule has 0 radical (unpaired) electrons. The Labute approximate surface area is 112 Å². The lowest BCUT2D eigenvalue weighted by Gasteiger charge is -2.06. The molecule has 19 heavy (non-hydrogen) atoms. The van der Waals surface area contributed by atoms with Crippen LogP contribution >= 0.6 is 0 Å². The topological polar surface area (TPSA) is 50.1 Å². The molecule has 3 nitrogen and oxygen atoms in total. The highest BCUT2D eigenvalue weighted by Gasteiger charge is 2.03. The molecule has 0 amide bonds. The number of ether oxygens (including phenoxy) is 1. The number of carbonyl (C=O) groups excluding carboxylic acids is 1. The average molecular weight is 251 g/mol. The third-order valence-corrected chi connectivity index (χ3v) is 2.72. The summed E-state index contributed by atoms with van der Waals surface area (Å²) in [6.45, 7) is 1.84. The van der Waals surface area contributed by atoms with Crippen LogP contribution in [0, 0.1) is 11.3 Å². The molecule has 0 saturated carbocycles. The normalized spacial score (nSPS) is 9.68. The molecule has 0 aliphatic heterocycles. The van der Waals surface area contributed by atoms with Gasteiger partial charge in [-0.3, -0.25) is 4.79 Å². The van der Waals surface area contributed by atoms with Crippen LogP contribution in [0.25, 0.3) is 0 Å². The first-order valence-electron chi connectivity index (χ1n) is 6.04. The number of hydrogen-bond acceptors (Lipinski definition) is 3.